The molecule has 26 heavy (non-hydrogen) atoms. The number of hydrogen-bond donors (Lipinski definition) is 2. The summed E-state index contributed by atoms with van der Waals surface area (Å²) in [6.45, 7) is 7.37. The molecule has 144 valence electrons. The second-order valence-electron chi connectivity index (χ2n) is 6.91. The third kappa shape index (κ3) is 5.22. The molecule has 0 spiro atoms. The number of hydrogen-bond acceptors (Lipinski definition) is 3. The number of nitrogens with zero attached hydrogens (tertiary/aromatic N) is 3. The van der Waals surface area contributed by atoms with E-state index in [-0.39, 0.29) is 24.0 Å². The summed E-state index contributed by atoms with van der Waals surface area (Å²) in [5, 5.41) is 11.8. The van der Waals surface area contributed by atoms with Crippen LogP contribution >= 0.6 is 35.3 Å². The van der Waals surface area contributed by atoms with Crippen LogP contribution in [0.1, 0.15) is 54.2 Å². The zero-order valence-corrected chi connectivity index (χ0v) is 19.2. The molecule has 2 aromatic rings. The monoisotopic (exact) mass is 487 g/mol. The zero-order valence-electron chi connectivity index (χ0n) is 16.1. The number of aliphatic imine (C=N–C) groups is 1. The smallest absolute Gasteiger partial charge is 0.191 e. The van der Waals surface area contributed by atoms with Gasteiger partial charge in [-0.05, 0) is 50.8 Å². The Morgan fingerprint density at radius 3 is 2.81 bits per heavy atom. The summed E-state index contributed by atoms with van der Waals surface area (Å²) in [7, 11) is 1.84. The van der Waals surface area contributed by atoms with E-state index in [4.69, 9.17) is 5.10 Å². The molecule has 3 rings (SSSR count). The second kappa shape index (κ2) is 9.73. The van der Waals surface area contributed by atoms with E-state index in [0.29, 0.717) is 12.1 Å². The van der Waals surface area contributed by atoms with Crippen molar-refractivity contribution in [2.24, 2.45) is 4.99 Å². The Kier molecular flexibility index (Phi) is 7.94. The molecule has 0 saturated heterocycles. The van der Waals surface area contributed by atoms with Gasteiger partial charge in [0.2, 0.25) is 0 Å². The van der Waals surface area contributed by atoms with E-state index in [0.717, 1.165) is 38.2 Å². The Hall–Kier alpha value is -1.09. The van der Waals surface area contributed by atoms with Gasteiger partial charge in [-0.3, -0.25) is 9.67 Å². The van der Waals surface area contributed by atoms with Crippen molar-refractivity contribution in [2.45, 2.75) is 65.1 Å². The lowest BCUT2D eigenvalue weighted by Gasteiger charge is -2.24. The zero-order chi connectivity index (χ0) is 17.8. The van der Waals surface area contributed by atoms with E-state index in [1.54, 1.807) is 0 Å². The van der Waals surface area contributed by atoms with Gasteiger partial charge < -0.3 is 10.6 Å². The fourth-order valence-corrected chi connectivity index (χ4v) is 4.06. The average Bonchev–Trinajstić information content (AvgIpc) is 3.24. The summed E-state index contributed by atoms with van der Waals surface area (Å²) in [5.74, 6) is 0.878. The summed E-state index contributed by atoms with van der Waals surface area (Å²) < 4.78 is 2.09. The highest BCUT2D eigenvalue weighted by molar-refractivity contribution is 14.0. The number of fused-ring (bicyclic) bond motifs is 1. The van der Waals surface area contributed by atoms with Gasteiger partial charge in [-0.2, -0.15) is 5.10 Å². The van der Waals surface area contributed by atoms with Crippen LogP contribution in [-0.4, -0.2) is 28.8 Å². The van der Waals surface area contributed by atoms with Crippen molar-refractivity contribution in [3.63, 3.8) is 0 Å². The van der Waals surface area contributed by atoms with Crippen molar-refractivity contribution in [1.29, 1.82) is 0 Å². The minimum absolute atomic E-state index is 0. The van der Waals surface area contributed by atoms with Gasteiger partial charge in [0.1, 0.15) is 0 Å². The standard InChI is InChI=1S/C19H29N5S.HI/c1-5-16-8-9-17(25-16)11-21-19(20-4)22-15-7-6-14-12-24(13(2)3)23-18(14)10-15;/h8-9,12-13,15H,5-7,10-11H2,1-4H3,(H2,20,21,22);1H. The fraction of sp³-hybridized carbons (Fsp3) is 0.579. The molecule has 1 aliphatic carbocycles. The van der Waals surface area contributed by atoms with Crippen LogP contribution in [0.4, 0.5) is 0 Å². The van der Waals surface area contributed by atoms with Gasteiger partial charge in [0.15, 0.2) is 5.96 Å². The lowest BCUT2D eigenvalue weighted by atomic mass is 9.94. The molecule has 0 saturated carbocycles. The molecular formula is C19H30IN5S. The highest BCUT2D eigenvalue weighted by atomic mass is 127. The quantitative estimate of drug-likeness (QED) is 0.382. The molecule has 1 unspecified atom stereocenters. The number of rotatable bonds is 5. The van der Waals surface area contributed by atoms with Gasteiger partial charge in [-0.25, -0.2) is 0 Å². The summed E-state index contributed by atoms with van der Waals surface area (Å²) in [5.41, 5.74) is 2.64. The minimum atomic E-state index is 0. The molecule has 0 aromatic carbocycles. The molecule has 2 aromatic heterocycles. The van der Waals surface area contributed by atoms with Crippen LogP contribution < -0.4 is 10.6 Å². The van der Waals surface area contributed by atoms with E-state index in [1.165, 1.54) is 21.0 Å². The Bertz CT molecular complexity index is 734. The van der Waals surface area contributed by atoms with Crippen LogP contribution in [0.25, 0.3) is 0 Å². The van der Waals surface area contributed by atoms with Gasteiger partial charge in [-0.15, -0.1) is 35.3 Å². The maximum Gasteiger partial charge on any atom is 0.191 e. The van der Waals surface area contributed by atoms with Gasteiger partial charge in [0.05, 0.1) is 12.2 Å². The van der Waals surface area contributed by atoms with Crippen molar-refractivity contribution in [3.05, 3.63) is 39.3 Å². The lowest BCUT2D eigenvalue weighted by Crippen LogP contribution is -2.45. The molecule has 0 amide bonds. The van der Waals surface area contributed by atoms with Crippen molar-refractivity contribution in [1.82, 2.24) is 20.4 Å². The Balaban J connectivity index is 0.00000243. The van der Waals surface area contributed by atoms with E-state index >= 15 is 0 Å². The SMILES string of the molecule is CCc1ccc(CNC(=NC)NC2CCc3cn(C(C)C)nc3C2)s1.I. The molecule has 0 aliphatic heterocycles. The predicted molar refractivity (Wildman–Crippen MR) is 121 cm³/mol. The number of halogens is 1. The first-order chi connectivity index (χ1) is 12.1. The highest BCUT2D eigenvalue weighted by Gasteiger charge is 2.23. The highest BCUT2D eigenvalue weighted by Crippen LogP contribution is 2.22. The van der Waals surface area contributed by atoms with Crippen LogP contribution in [0.2, 0.25) is 0 Å². The molecule has 0 bridgehead atoms. The number of nitrogens with one attached hydrogen (secondary N) is 2. The van der Waals surface area contributed by atoms with Crippen LogP contribution in [0.3, 0.4) is 0 Å². The number of guanidine groups is 1. The summed E-state index contributed by atoms with van der Waals surface area (Å²) in [6, 6.07) is 5.23. The second-order valence-corrected chi connectivity index (χ2v) is 8.16. The van der Waals surface area contributed by atoms with Crippen LogP contribution in [0.15, 0.2) is 23.3 Å². The Morgan fingerprint density at radius 2 is 2.15 bits per heavy atom. The molecular weight excluding hydrogens is 457 g/mol. The van der Waals surface area contributed by atoms with Crippen molar-refractivity contribution >= 4 is 41.3 Å². The minimum Gasteiger partial charge on any atom is -0.353 e. The van der Waals surface area contributed by atoms with Gasteiger partial charge >= 0.3 is 0 Å². The number of thiophene rings is 1. The average molecular weight is 487 g/mol. The van der Waals surface area contributed by atoms with E-state index in [2.05, 4.69) is 59.4 Å². The fourth-order valence-electron chi connectivity index (χ4n) is 3.17. The number of aryl methyl sites for hydroxylation is 2. The first kappa shape index (κ1) is 21.2. The normalized spacial score (nSPS) is 17.0. The largest absolute Gasteiger partial charge is 0.353 e. The van der Waals surface area contributed by atoms with Crippen LogP contribution in [0.5, 0.6) is 0 Å². The van der Waals surface area contributed by atoms with Crippen molar-refractivity contribution in [2.75, 3.05) is 7.05 Å². The van der Waals surface area contributed by atoms with Crippen LogP contribution in [-0.2, 0) is 25.8 Å². The van der Waals surface area contributed by atoms with Gasteiger partial charge in [0.25, 0.3) is 0 Å². The predicted octanol–water partition coefficient (Wildman–Crippen LogP) is 3.93. The molecule has 1 aliphatic rings. The first-order valence-electron chi connectivity index (χ1n) is 9.20. The Labute approximate surface area is 177 Å². The lowest BCUT2D eigenvalue weighted by molar-refractivity contribution is 0.499. The van der Waals surface area contributed by atoms with E-state index in [1.807, 2.05) is 18.4 Å². The molecule has 0 fully saturated rings. The molecule has 0 radical (unpaired) electrons. The maximum absolute atomic E-state index is 4.76. The van der Waals surface area contributed by atoms with Gasteiger partial charge in [0, 0.05) is 41.5 Å². The molecule has 2 heterocycles. The summed E-state index contributed by atoms with van der Waals surface area (Å²) in [6.07, 6.45) is 6.49. The van der Waals surface area contributed by atoms with E-state index < -0.39 is 0 Å². The third-order valence-electron chi connectivity index (χ3n) is 4.69. The molecule has 1 atom stereocenters. The summed E-state index contributed by atoms with van der Waals surface area (Å²) in [4.78, 5) is 7.17. The molecule has 7 heteroatoms. The Morgan fingerprint density at radius 1 is 1.38 bits per heavy atom. The summed E-state index contributed by atoms with van der Waals surface area (Å²) >= 11 is 1.87. The third-order valence-corrected chi connectivity index (χ3v) is 5.92. The first-order valence-corrected chi connectivity index (χ1v) is 10.0. The van der Waals surface area contributed by atoms with E-state index in [9.17, 15) is 0 Å². The van der Waals surface area contributed by atoms with Crippen LogP contribution in [0, 0.1) is 0 Å². The molecule has 2 N–H and O–H groups in total. The van der Waals surface area contributed by atoms with Crippen molar-refractivity contribution in [3.8, 4) is 0 Å². The topological polar surface area (TPSA) is 54.2 Å². The van der Waals surface area contributed by atoms with Crippen molar-refractivity contribution < 1.29 is 0 Å². The maximum atomic E-state index is 4.76. The molecule has 5 nitrogen and oxygen atoms in total. The van der Waals surface area contributed by atoms with Gasteiger partial charge in [-0.1, -0.05) is 6.92 Å². The number of aromatic nitrogens is 2.